The SMILES string of the molecule is CCN(CC)C(=O)C(Nc1ccc2nnnn2n1)c1ccccc1. The van der Waals surface area contributed by atoms with Crippen LogP contribution in [0.25, 0.3) is 5.65 Å². The number of anilines is 1. The summed E-state index contributed by atoms with van der Waals surface area (Å²) in [7, 11) is 0. The van der Waals surface area contributed by atoms with E-state index >= 15 is 0 Å². The van der Waals surface area contributed by atoms with E-state index in [9.17, 15) is 4.79 Å². The second kappa shape index (κ2) is 7.03. The van der Waals surface area contributed by atoms with Crippen LogP contribution in [0.15, 0.2) is 42.5 Å². The lowest BCUT2D eigenvalue weighted by Gasteiger charge is -2.26. The van der Waals surface area contributed by atoms with Gasteiger partial charge < -0.3 is 10.2 Å². The average molecular weight is 325 g/mol. The molecular formula is C16H19N7O. The predicted octanol–water partition coefficient (Wildman–Crippen LogP) is 1.54. The molecule has 2 heterocycles. The van der Waals surface area contributed by atoms with Gasteiger partial charge in [-0.3, -0.25) is 4.79 Å². The van der Waals surface area contributed by atoms with E-state index < -0.39 is 6.04 Å². The molecule has 1 atom stereocenters. The molecular weight excluding hydrogens is 306 g/mol. The number of amides is 1. The number of tetrazole rings is 1. The van der Waals surface area contributed by atoms with Crippen molar-refractivity contribution in [3.05, 3.63) is 48.0 Å². The number of carbonyl (C=O) groups excluding carboxylic acids is 1. The zero-order chi connectivity index (χ0) is 16.9. The molecule has 0 radical (unpaired) electrons. The number of nitrogens with one attached hydrogen (secondary N) is 1. The molecule has 1 amide bonds. The first kappa shape index (κ1) is 15.9. The molecule has 8 heteroatoms. The number of hydrogen-bond acceptors (Lipinski definition) is 6. The fraction of sp³-hybridized carbons (Fsp3) is 0.312. The van der Waals surface area contributed by atoms with Crippen molar-refractivity contribution in [1.82, 2.24) is 30.2 Å². The molecule has 0 aliphatic rings. The summed E-state index contributed by atoms with van der Waals surface area (Å²) in [5.41, 5.74) is 1.43. The van der Waals surface area contributed by atoms with Crippen LogP contribution < -0.4 is 5.32 Å². The molecule has 0 aliphatic heterocycles. The second-order valence-electron chi connectivity index (χ2n) is 5.24. The van der Waals surface area contributed by atoms with Gasteiger partial charge in [0.2, 0.25) is 5.91 Å². The van der Waals surface area contributed by atoms with Crippen LogP contribution in [-0.4, -0.2) is 49.2 Å². The molecule has 0 fully saturated rings. The van der Waals surface area contributed by atoms with Crippen molar-refractivity contribution in [2.45, 2.75) is 19.9 Å². The Balaban J connectivity index is 1.93. The van der Waals surface area contributed by atoms with Gasteiger partial charge >= 0.3 is 0 Å². The third-order valence-corrected chi connectivity index (χ3v) is 3.82. The first-order valence-corrected chi connectivity index (χ1v) is 7.88. The summed E-state index contributed by atoms with van der Waals surface area (Å²) in [5.74, 6) is 0.536. The van der Waals surface area contributed by atoms with Gasteiger partial charge in [-0.05, 0) is 42.0 Å². The van der Waals surface area contributed by atoms with Gasteiger partial charge in [0.25, 0.3) is 0 Å². The lowest BCUT2D eigenvalue weighted by atomic mass is 10.1. The number of aromatic nitrogens is 5. The number of likely N-dealkylation sites (N-methyl/N-ethyl adjacent to an activating group) is 1. The van der Waals surface area contributed by atoms with Crippen molar-refractivity contribution < 1.29 is 4.79 Å². The standard InChI is InChI=1S/C16H19N7O/c1-3-22(4-2)16(24)15(12-8-6-5-7-9-12)17-13-10-11-14-18-20-21-23(14)19-13/h5-11,15H,3-4H2,1-2H3,(H,17,19). The zero-order valence-electron chi connectivity index (χ0n) is 13.6. The van der Waals surface area contributed by atoms with Gasteiger partial charge in [-0.25, -0.2) is 0 Å². The maximum atomic E-state index is 12.9. The Morgan fingerprint density at radius 1 is 1.17 bits per heavy atom. The summed E-state index contributed by atoms with van der Waals surface area (Å²) in [6.45, 7) is 5.24. The molecule has 1 N–H and O–H groups in total. The normalized spacial score (nSPS) is 12.1. The van der Waals surface area contributed by atoms with E-state index in [1.54, 1.807) is 17.0 Å². The smallest absolute Gasteiger partial charge is 0.249 e. The number of carbonyl (C=O) groups is 1. The van der Waals surface area contributed by atoms with Crippen LogP contribution in [0, 0.1) is 0 Å². The molecule has 8 nitrogen and oxygen atoms in total. The fourth-order valence-electron chi connectivity index (χ4n) is 2.53. The van der Waals surface area contributed by atoms with E-state index in [1.807, 2.05) is 44.2 Å². The van der Waals surface area contributed by atoms with Crippen molar-refractivity contribution in [2.24, 2.45) is 0 Å². The lowest BCUT2D eigenvalue weighted by Crippen LogP contribution is -2.38. The molecule has 3 aromatic rings. The molecule has 0 bridgehead atoms. The molecule has 0 saturated heterocycles. The molecule has 3 rings (SSSR count). The third-order valence-electron chi connectivity index (χ3n) is 3.82. The highest BCUT2D eigenvalue weighted by Gasteiger charge is 2.24. The van der Waals surface area contributed by atoms with E-state index in [-0.39, 0.29) is 5.91 Å². The van der Waals surface area contributed by atoms with Gasteiger partial charge in [0.15, 0.2) is 5.65 Å². The van der Waals surface area contributed by atoms with Gasteiger partial charge in [-0.2, -0.15) is 0 Å². The Morgan fingerprint density at radius 3 is 2.62 bits per heavy atom. The summed E-state index contributed by atoms with van der Waals surface area (Å²) in [6, 6.07) is 12.6. The molecule has 0 spiro atoms. The molecule has 2 aromatic heterocycles. The van der Waals surface area contributed by atoms with Gasteiger partial charge in [-0.1, -0.05) is 30.3 Å². The van der Waals surface area contributed by atoms with E-state index in [2.05, 4.69) is 25.9 Å². The largest absolute Gasteiger partial charge is 0.353 e. The van der Waals surface area contributed by atoms with Crippen LogP contribution in [-0.2, 0) is 4.79 Å². The maximum Gasteiger partial charge on any atom is 0.249 e. The summed E-state index contributed by atoms with van der Waals surface area (Å²) in [5, 5.41) is 18.7. The van der Waals surface area contributed by atoms with Crippen LogP contribution in [0.4, 0.5) is 5.82 Å². The number of fused-ring (bicyclic) bond motifs is 1. The van der Waals surface area contributed by atoms with Crippen LogP contribution in [0.3, 0.4) is 0 Å². The zero-order valence-corrected chi connectivity index (χ0v) is 13.6. The third kappa shape index (κ3) is 3.17. The average Bonchev–Trinajstić information content (AvgIpc) is 3.09. The molecule has 1 unspecified atom stereocenters. The molecule has 24 heavy (non-hydrogen) atoms. The summed E-state index contributed by atoms with van der Waals surface area (Å²) in [4.78, 5) is 14.7. The number of benzene rings is 1. The number of rotatable bonds is 6. The highest BCUT2D eigenvalue weighted by molar-refractivity contribution is 5.85. The highest BCUT2D eigenvalue weighted by Crippen LogP contribution is 2.21. The van der Waals surface area contributed by atoms with Crippen molar-refractivity contribution in [3.63, 3.8) is 0 Å². The van der Waals surface area contributed by atoms with Gasteiger partial charge in [0.1, 0.15) is 11.9 Å². The van der Waals surface area contributed by atoms with Gasteiger partial charge in [-0.15, -0.1) is 14.8 Å². The Kier molecular flexibility index (Phi) is 4.64. The van der Waals surface area contributed by atoms with Crippen molar-refractivity contribution in [3.8, 4) is 0 Å². The summed E-state index contributed by atoms with van der Waals surface area (Å²) in [6.07, 6.45) is 0. The van der Waals surface area contributed by atoms with Gasteiger partial charge in [0.05, 0.1) is 0 Å². The Hall–Kier alpha value is -3.03. The molecule has 1 aromatic carbocycles. The van der Waals surface area contributed by atoms with Crippen LogP contribution in [0.2, 0.25) is 0 Å². The molecule has 0 saturated carbocycles. The van der Waals surface area contributed by atoms with Crippen molar-refractivity contribution in [2.75, 3.05) is 18.4 Å². The topological polar surface area (TPSA) is 88.3 Å². The molecule has 0 aliphatic carbocycles. The Labute approximate surface area is 139 Å². The molecule has 124 valence electrons. The number of hydrogen-bond donors (Lipinski definition) is 1. The minimum atomic E-state index is -0.521. The van der Waals surface area contributed by atoms with Crippen molar-refractivity contribution in [1.29, 1.82) is 0 Å². The quantitative estimate of drug-likeness (QED) is 0.739. The first-order chi connectivity index (χ1) is 11.7. The van der Waals surface area contributed by atoms with E-state index in [0.717, 1.165) is 5.56 Å². The van der Waals surface area contributed by atoms with Crippen LogP contribution in [0.1, 0.15) is 25.5 Å². The summed E-state index contributed by atoms with van der Waals surface area (Å²) >= 11 is 0. The predicted molar refractivity (Wildman–Crippen MR) is 89.3 cm³/mol. The maximum absolute atomic E-state index is 12.9. The van der Waals surface area contributed by atoms with Crippen LogP contribution in [0.5, 0.6) is 0 Å². The van der Waals surface area contributed by atoms with E-state index in [1.165, 1.54) is 4.63 Å². The Bertz CT molecular complexity index is 813. The number of nitrogens with zero attached hydrogens (tertiary/aromatic N) is 6. The first-order valence-electron chi connectivity index (χ1n) is 7.88. The minimum absolute atomic E-state index is 0.00446. The fourth-order valence-corrected chi connectivity index (χ4v) is 2.53. The van der Waals surface area contributed by atoms with E-state index in [4.69, 9.17) is 0 Å². The lowest BCUT2D eigenvalue weighted by molar-refractivity contribution is -0.131. The minimum Gasteiger partial charge on any atom is -0.353 e. The second-order valence-corrected chi connectivity index (χ2v) is 5.24. The van der Waals surface area contributed by atoms with E-state index in [0.29, 0.717) is 24.6 Å². The van der Waals surface area contributed by atoms with Gasteiger partial charge in [0, 0.05) is 13.1 Å². The summed E-state index contributed by atoms with van der Waals surface area (Å²) < 4.78 is 1.33. The van der Waals surface area contributed by atoms with Crippen molar-refractivity contribution >= 4 is 17.4 Å². The van der Waals surface area contributed by atoms with Crippen LogP contribution >= 0.6 is 0 Å². The monoisotopic (exact) mass is 325 g/mol. The Morgan fingerprint density at radius 2 is 1.92 bits per heavy atom. The highest BCUT2D eigenvalue weighted by atomic mass is 16.2.